The molecule has 1 fully saturated rings. The molecule has 1 aliphatic heterocycles. The van der Waals surface area contributed by atoms with Gasteiger partial charge in [0.15, 0.2) is 0 Å². The van der Waals surface area contributed by atoms with Crippen LogP contribution in [0.15, 0.2) is 18.2 Å². The normalized spacial score (nSPS) is 19.6. The van der Waals surface area contributed by atoms with E-state index in [2.05, 4.69) is 15.5 Å². The zero-order chi connectivity index (χ0) is 16.1. The second-order valence-corrected chi connectivity index (χ2v) is 5.99. The second-order valence-electron chi connectivity index (χ2n) is 5.99. The maximum Gasteiger partial charge on any atom is 0.241 e. The predicted molar refractivity (Wildman–Crippen MR) is 96.7 cm³/mol. The maximum absolute atomic E-state index is 12.6. The smallest absolute Gasteiger partial charge is 0.241 e. The lowest BCUT2D eigenvalue weighted by molar-refractivity contribution is -0.121. The molecule has 0 bridgehead atoms. The van der Waals surface area contributed by atoms with E-state index in [-0.39, 0.29) is 24.4 Å². The zero-order valence-electron chi connectivity index (χ0n) is 14.4. The Morgan fingerprint density at radius 3 is 2.83 bits per heavy atom. The summed E-state index contributed by atoms with van der Waals surface area (Å²) in [5.41, 5.74) is 1.83. The average Bonchev–Trinajstić information content (AvgIpc) is 2.54. The van der Waals surface area contributed by atoms with Crippen LogP contribution >= 0.6 is 12.4 Å². The summed E-state index contributed by atoms with van der Waals surface area (Å²) in [6.07, 6.45) is 2.30. The summed E-state index contributed by atoms with van der Waals surface area (Å²) in [4.78, 5) is 14.8. The number of hydrogen-bond donors (Lipinski definition) is 2. The highest BCUT2D eigenvalue weighted by atomic mass is 35.5. The largest absolute Gasteiger partial charge is 0.495 e. The number of nitrogens with one attached hydrogen (secondary N) is 2. The van der Waals surface area contributed by atoms with Crippen molar-refractivity contribution in [2.75, 3.05) is 32.6 Å². The number of methoxy groups -OCH3 is 1. The molecular weight excluding hydrogens is 314 g/mol. The number of nitrogens with zero attached hydrogens (tertiary/aromatic N) is 1. The van der Waals surface area contributed by atoms with Crippen molar-refractivity contribution in [3.63, 3.8) is 0 Å². The SMILES string of the molecule is CNC1CCCN(C(C)C(=O)Nc2cc(C)ccc2OC)C1.Cl. The molecule has 1 heterocycles. The first-order valence-corrected chi connectivity index (χ1v) is 7.92. The fourth-order valence-electron chi connectivity index (χ4n) is 2.92. The number of carbonyl (C=O) groups is 1. The lowest BCUT2D eigenvalue weighted by Gasteiger charge is -2.36. The number of amides is 1. The highest BCUT2D eigenvalue weighted by molar-refractivity contribution is 5.96. The molecule has 2 unspecified atom stereocenters. The molecule has 1 saturated heterocycles. The number of benzene rings is 1. The molecule has 2 atom stereocenters. The first-order valence-electron chi connectivity index (χ1n) is 7.92. The van der Waals surface area contributed by atoms with Gasteiger partial charge in [-0.2, -0.15) is 0 Å². The van der Waals surface area contributed by atoms with E-state index < -0.39 is 0 Å². The van der Waals surface area contributed by atoms with Gasteiger partial charge in [0.25, 0.3) is 0 Å². The summed E-state index contributed by atoms with van der Waals surface area (Å²) >= 11 is 0. The first kappa shape index (κ1) is 19.7. The molecule has 1 aliphatic rings. The van der Waals surface area contributed by atoms with Crippen LogP contribution in [0, 0.1) is 6.92 Å². The van der Waals surface area contributed by atoms with Crippen molar-refractivity contribution in [2.45, 2.75) is 38.8 Å². The van der Waals surface area contributed by atoms with E-state index in [1.165, 1.54) is 6.42 Å². The number of anilines is 1. The Labute approximate surface area is 145 Å². The second kappa shape index (κ2) is 9.11. The molecule has 1 aromatic rings. The van der Waals surface area contributed by atoms with Crippen LogP contribution in [0.3, 0.4) is 0 Å². The fraction of sp³-hybridized carbons (Fsp3) is 0.588. The molecule has 0 aromatic heterocycles. The van der Waals surface area contributed by atoms with Gasteiger partial charge in [-0.25, -0.2) is 0 Å². The Morgan fingerprint density at radius 2 is 2.17 bits per heavy atom. The summed E-state index contributed by atoms with van der Waals surface area (Å²) in [6.45, 7) is 5.85. The van der Waals surface area contributed by atoms with Crippen molar-refractivity contribution in [3.8, 4) is 5.75 Å². The van der Waals surface area contributed by atoms with Crippen molar-refractivity contribution in [3.05, 3.63) is 23.8 Å². The fourth-order valence-corrected chi connectivity index (χ4v) is 2.92. The van der Waals surface area contributed by atoms with Crippen molar-refractivity contribution in [1.29, 1.82) is 0 Å². The van der Waals surface area contributed by atoms with E-state index in [4.69, 9.17) is 4.74 Å². The summed E-state index contributed by atoms with van der Waals surface area (Å²) in [5.74, 6) is 0.707. The van der Waals surface area contributed by atoms with Crippen LogP contribution in [0.2, 0.25) is 0 Å². The molecule has 5 nitrogen and oxygen atoms in total. The summed E-state index contributed by atoms with van der Waals surface area (Å²) in [7, 11) is 3.60. The van der Waals surface area contributed by atoms with Crippen LogP contribution in [0.1, 0.15) is 25.3 Å². The summed E-state index contributed by atoms with van der Waals surface area (Å²) in [5, 5.41) is 6.32. The van der Waals surface area contributed by atoms with Gasteiger partial charge in [0.05, 0.1) is 18.8 Å². The van der Waals surface area contributed by atoms with Crippen LogP contribution in [0.5, 0.6) is 5.75 Å². The Morgan fingerprint density at radius 1 is 1.43 bits per heavy atom. The van der Waals surface area contributed by atoms with Crippen molar-refractivity contribution < 1.29 is 9.53 Å². The van der Waals surface area contributed by atoms with E-state index in [0.29, 0.717) is 11.8 Å². The van der Waals surface area contributed by atoms with Gasteiger partial charge in [-0.05, 0) is 58.0 Å². The molecule has 0 spiro atoms. The van der Waals surface area contributed by atoms with Gasteiger partial charge in [-0.15, -0.1) is 12.4 Å². The standard InChI is InChI=1S/C17H27N3O2.ClH/c1-12-7-8-16(22-4)15(10-12)19-17(21)13(2)20-9-5-6-14(11-20)18-3;/h7-8,10,13-14,18H,5-6,9,11H2,1-4H3,(H,19,21);1H. The van der Waals surface area contributed by atoms with E-state index in [9.17, 15) is 4.79 Å². The zero-order valence-corrected chi connectivity index (χ0v) is 15.2. The molecule has 23 heavy (non-hydrogen) atoms. The number of likely N-dealkylation sites (tertiary alicyclic amines) is 1. The Hall–Kier alpha value is -1.30. The number of halogens is 1. The number of ether oxygens (including phenoxy) is 1. The van der Waals surface area contributed by atoms with Gasteiger partial charge in [-0.3, -0.25) is 9.69 Å². The molecule has 1 amide bonds. The molecule has 2 N–H and O–H groups in total. The molecule has 2 rings (SSSR count). The Kier molecular flexibility index (Phi) is 7.82. The first-order chi connectivity index (χ1) is 10.5. The van der Waals surface area contributed by atoms with E-state index in [1.54, 1.807) is 7.11 Å². The highest BCUT2D eigenvalue weighted by Gasteiger charge is 2.27. The number of likely N-dealkylation sites (N-methyl/N-ethyl adjacent to an activating group) is 1. The van der Waals surface area contributed by atoms with Gasteiger partial charge < -0.3 is 15.4 Å². The summed E-state index contributed by atoms with van der Waals surface area (Å²) < 4.78 is 5.32. The maximum atomic E-state index is 12.6. The Bertz CT molecular complexity index is 525. The highest BCUT2D eigenvalue weighted by Crippen LogP contribution is 2.25. The van der Waals surface area contributed by atoms with Gasteiger partial charge in [0.1, 0.15) is 5.75 Å². The molecule has 6 heteroatoms. The van der Waals surface area contributed by atoms with Crippen LogP contribution in [0.4, 0.5) is 5.69 Å². The minimum absolute atomic E-state index is 0. The van der Waals surface area contributed by atoms with Crippen LogP contribution in [-0.4, -0.2) is 50.1 Å². The van der Waals surface area contributed by atoms with Crippen LogP contribution in [-0.2, 0) is 4.79 Å². The molecule has 0 aliphatic carbocycles. The van der Waals surface area contributed by atoms with Gasteiger partial charge in [0.2, 0.25) is 5.91 Å². The van der Waals surface area contributed by atoms with Crippen molar-refractivity contribution in [2.24, 2.45) is 0 Å². The van der Waals surface area contributed by atoms with Crippen LogP contribution < -0.4 is 15.4 Å². The molecule has 130 valence electrons. The van der Waals surface area contributed by atoms with Gasteiger partial charge in [-0.1, -0.05) is 6.07 Å². The monoisotopic (exact) mass is 341 g/mol. The topological polar surface area (TPSA) is 53.6 Å². The number of carbonyl (C=O) groups excluding carboxylic acids is 1. The Balaban J connectivity index is 0.00000264. The molecular formula is C17H28ClN3O2. The van der Waals surface area contributed by atoms with E-state index in [0.717, 1.165) is 30.8 Å². The van der Waals surface area contributed by atoms with E-state index in [1.807, 2.05) is 39.1 Å². The number of hydrogen-bond acceptors (Lipinski definition) is 4. The lowest BCUT2D eigenvalue weighted by atomic mass is 10.0. The number of piperidine rings is 1. The van der Waals surface area contributed by atoms with Gasteiger partial charge in [0, 0.05) is 12.6 Å². The van der Waals surface area contributed by atoms with Gasteiger partial charge >= 0.3 is 0 Å². The minimum atomic E-state index is -0.152. The van der Waals surface area contributed by atoms with E-state index >= 15 is 0 Å². The van der Waals surface area contributed by atoms with Crippen LogP contribution in [0.25, 0.3) is 0 Å². The summed E-state index contributed by atoms with van der Waals surface area (Å²) in [6, 6.07) is 6.11. The number of aryl methyl sites for hydroxylation is 1. The average molecular weight is 342 g/mol. The van der Waals surface area contributed by atoms with Crippen molar-refractivity contribution >= 4 is 24.0 Å². The third-order valence-corrected chi connectivity index (χ3v) is 4.40. The third-order valence-electron chi connectivity index (χ3n) is 4.40. The van der Waals surface area contributed by atoms with Crippen molar-refractivity contribution in [1.82, 2.24) is 10.2 Å². The quantitative estimate of drug-likeness (QED) is 0.863. The minimum Gasteiger partial charge on any atom is -0.495 e. The predicted octanol–water partition coefficient (Wildman–Crippen LogP) is 2.44. The molecule has 1 aromatic carbocycles. The molecule has 0 radical (unpaired) electrons. The lowest BCUT2D eigenvalue weighted by Crippen LogP contribution is -2.51. The molecule has 0 saturated carbocycles. The number of rotatable bonds is 5. The third kappa shape index (κ3) is 5.09.